The Kier molecular flexibility index (Phi) is 6.39. The van der Waals surface area contributed by atoms with E-state index in [2.05, 4.69) is 15.4 Å². The number of methoxy groups -OCH3 is 1. The molecule has 1 amide bonds. The molecule has 0 unspecified atom stereocenters. The maximum atomic E-state index is 13.0. The van der Waals surface area contributed by atoms with Gasteiger partial charge in [0, 0.05) is 6.04 Å². The molecule has 4 rings (SSSR count). The molecule has 10 heteroatoms. The van der Waals surface area contributed by atoms with Crippen LogP contribution in [0.3, 0.4) is 0 Å². The summed E-state index contributed by atoms with van der Waals surface area (Å²) in [5.74, 6) is -1.46. The summed E-state index contributed by atoms with van der Waals surface area (Å²) in [4.78, 5) is 41.9. The summed E-state index contributed by atoms with van der Waals surface area (Å²) in [7, 11) is 1.25. The molecule has 0 spiro atoms. The van der Waals surface area contributed by atoms with Crippen LogP contribution in [0, 0.1) is 0 Å². The van der Waals surface area contributed by atoms with E-state index in [1.807, 2.05) is 13.8 Å². The second-order valence-electron chi connectivity index (χ2n) is 7.61. The zero-order chi connectivity index (χ0) is 24.2. The molecule has 0 saturated carbocycles. The summed E-state index contributed by atoms with van der Waals surface area (Å²) in [5, 5.41) is 7.39. The van der Waals surface area contributed by atoms with Crippen molar-refractivity contribution in [1.82, 2.24) is 14.8 Å². The quantitative estimate of drug-likeness (QED) is 0.411. The van der Waals surface area contributed by atoms with Gasteiger partial charge in [-0.05, 0) is 44.2 Å². The molecule has 4 aromatic rings. The lowest BCUT2D eigenvalue weighted by atomic mass is 10.1. The smallest absolute Gasteiger partial charge is 0.339 e. The number of esters is 2. The van der Waals surface area contributed by atoms with Crippen molar-refractivity contribution < 1.29 is 28.3 Å². The standard InChI is InChI=1S/C24H22N4O6/c1-14(2)28-22-17(12-25-28)16(11-19(27-22)20-9-6-10-33-20)24(31)34-13-21(29)26-18-8-5-4-7-15(18)23(30)32-3/h4-12,14H,13H2,1-3H3,(H,26,29). The molecule has 3 heterocycles. The SMILES string of the molecule is COC(=O)c1ccccc1NC(=O)COC(=O)c1cc(-c2ccco2)nc2c1cnn2C(C)C. The minimum absolute atomic E-state index is 0.00128. The van der Waals surface area contributed by atoms with E-state index in [9.17, 15) is 14.4 Å². The van der Waals surface area contributed by atoms with Gasteiger partial charge in [-0.15, -0.1) is 0 Å². The molecule has 174 valence electrons. The second-order valence-corrected chi connectivity index (χ2v) is 7.61. The van der Waals surface area contributed by atoms with Crippen LogP contribution in [0.2, 0.25) is 0 Å². The minimum Gasteiger partial charge on any atom is -0.465 e. The first-order valence-corrected chi connectivity index (χ1v) is 10.5. The van der Waals surface area contributed by atoms with Crippen LogP contribution in [0.1, 0.15) is 40.6 Å². The molecular formula is C24H22N4O6. The molecule has 3 aromatic heterocycles. The van der Waals surface area contributed by atoms with Crippen LogP contribution in [-0.2, 0) is 14.3 Å². The molecule has 10 nitrogen and oxygen atoms in total. The van der Waals surface area contributed by atoms with Gasteiger partial charge in [0.1, 0.15) is 5.69 Å². The van der Waals surface area contributed by atoms with Crippen LogP contribution in [0.15, 0.2) is 59.3 Å². The number of nitrogens with zero attached hydrogens (tertiary/aromatic N) is 3. The molecule has 1 aromatic carbocycles. The van der Waals surface area contributed by atoms with E-state index in [0.717, 1.165) is 0 Å². The number of fused-ring (bicyclic) bond motifs is 1. The van der Waals surface area contributed by atoms with Gasteiger partial charge in [0.2, 0.25) is 0 Å². The van der Waals surface area contributed by atoms with E-state index >= 15 is 0 Å². The molecular weight excluding hydrogens is 440 g/mol. The summed E-state index contributed by atoms with van der Waals surface area (Å²) < 4.78 is 17.1. The van der Waals surface area contributed by atoms with Gasteiger partial charge in [-0.2, -0.15) is 5.10 Å². The highest BCUT2D eigenvalue weighted by Gasteiger charge is 2.21. The summed E-state index contributed by atoms with van der Waals surface area (Å²) in [6.07, 6.45) is 3.05. The van der Waals surface area contributed by atoms with Gasteiger partial charge in [-0.25, -0.2) is 19.3 Å². The number of para-hydroxylation sites is 1. The molecule has 0 aliphatic heterocycles. The van der Waals surface area contributed by atoms with Crippen molar-refractivity contribution in [2.24, 2.45) is 0 Å². The average Bonchev–Trinajstić information content (AvgIpc) is 3.52. The fourth-order valence-electron chi connectivity index (χ4n) is 3.39. The molecule has 1 N–H and O–H groups in total. The van der Waals surface area contributed by atoms with Gasteiger partial charge in [0.25, 0.3) is 5.91 Å². The number of carbonyl (C=O) groups is 3. The van der Waals surface area contributed by atoms with Crippen LogP contribution >= 0.6 is 0 Å². The molecule has 34 heavy (non-hydrogen) atoms. The Morgan fingerprint density at radius 3 is 2.59 bits per heavy atom. The maximum absolute atomic E-state index is 13.0. The Morgan fingerprint density at radius 2 is 1.88 bits per heavy atom. The summed E-state index contributed by atoms with van der Waals surface area (Å²) in [5.41, 5.74) is 1.56. The number of hydrogen-bond donors (Lipinski definition) is 1. The molecule has 0 fully saturated rings. The van der Waals surface area contributed by atoms with Crippen LogP contribution in [0.4, 0.5) is 5.69 Å². The average molecular weight is 462 g/mol. The Hall–Kier alpha value is -4.47. The normalized spacial score (nSPS) is 10.9. The number of aromatic nitrogens is 3. The second kappa shape index (κ2) is 9.57. The number of furan rings is 1. The lowest BCUT2D eigenvalue weighted by Crippen LogP contribution is -2.22. The third kappa shape index (κ3) is 4.51. The van der Waals surface area contributed by atoms with E-state index in [1.165, 1.54) is 25.6 Å². The first-order chi connectivity index (χ1) is 16.4. The fraction of sp³-hybridized carbons (Fsp3) is 0.208. The van der Waals surface area contributed by atoms with Gasteiger partial charge < -0.3 is 19.2 Å². The van der Waals surface area contributed by atoms with Gasteiger partial charge in [-0.3, -0.25) is 4.79 Å². The van der Waals surface area contributed by atoms with Crippen molar-refractivity contribution in [3.63, 3.8) is 0 Å². The summed E-state index contributed by atoms with van der Waals surface area (Å²) in [6.45, 7) is 3.33. The van der Waals surface area contributed by atoms with Crippen molar-refractivity contribution in [2.45, 2.75) is 19.9 Å². The highest BCUT2D eigenvalue weighted by atomic mass is 16.5. The van der Waals surface area contributed by atoms with Crippen molar-refractivity contribution >= 4 is 34.6 Å². The Bertz CT molecular complexity index is 1360. The van der Waals surface area contributed by atoms with Crippen molar-refractivity contribution in [3.8, 4) is 11.5 Å². The van der Waals surface area contributed by atoms with E-state index < -0.39 is 24.5 Å². The number of hydrogen-bond acceptors (Lipinski definition) is 8. The zero-order valence-corrected chi connectivity index (χ0v) is 18.8. The van der Waals surface area contributed by atoms with Crippen LogP contribution in [-0.4, -0.2) is 46.3 Å². The van der Waals surface area contributed by atoms with E-state index in [4.69, 9.17) is 13.9 Å². The minimum atomic E-state index is -0.722. The van der Waals surface area contributed by atoms with Gasteiger partial charge in [0.05, 0.1) is 41.8 Å². The van der Waals surface area contributed by atoms with E-state index in [1.54, 1.807) is 41.1 Å². The maximum Gasteiger partial charge on any atom is 0.339 e. The summed E-state index contributed by atoms with van der Waals surface area (Å²) >= 11 is 0. The van der Waals surface area contributed by atoms with Gasteiger partial charge >= 0.3 is 11.9 Å². The van der Waals surface area contributed by atoms with Crippen molar-refractivity contribution in [2.75, 3.05) is 19.0 Å². The number of pyridine rings is 1. The van der Waals surface area contributed by atoms with Crippen molar-refractivity contribution in [3.05, 3.63) is 66.1 Å². The van der Waals surface area contributed by atoms with Crippen LogP contribution < -0.4 is 5.32 Å². The first-order valence-electron chi connectivity index (χ1n) is 10.5. The Labute approximate surface area is 194 Å². The van der Waals surface area contributed by atoms with Gasteiger partial charge in [-0.1, -0.05) is 12.1 Å². The molecule has 0 bridgehead atoms. The number of nitrogens with one attached hydrogen (secondary N) is 1. The predicted octanol–water partition coefficient (Wildman–Crippen LogP) is 3.85. The third-order valence-corrected chi connectivity index (χ3v) is 4.99. The topological polar surface area (TPSA) is 126 Å². The van der Waals surface area contributed by atoms with Crippen molar-refractivity contribution in [1.29, 1.82) is 0 Å². The highest BCUT2D eigenvalue weighted by Crippen LogP contribution is 2.27. The molecule has 0 aliphatic carbocycles. The Morgan fingerprint density at radius 1 is 1.09 bits per heavy atom. The number of amides is 1. The monoisotopic (exact) mass is 462 g/mol. The predicted molar refractivity (Wildman–Crippen MR) is 122 cm³/mol. The molecule has 0 aliphatic rings. The lowest BCUT2D eigenvalue weighted by molar-refractivity contribution is -0.119. The van der Waals surface area contributed by atoms with Gasteiger partial charge in [0.15, 0.2) is 18.0 Å². The molecule has 0 saturated heterocycles. The fourth-order valence-corrected chi connectivity index (χ4v) is 3.39. The third-order valence-electron chi connectivity index (χ3n) is 4.99. The largest absolute Gasteiger partial charge is 0.465 e. The lowest BCUT2D eigenvalue weighted by Gasteiger charge is -2.11. The molecule has 0 radical (unpaired) electrons. The number of benzene rings is 1. The number of carbonyl (C=O) groups excluding carboxylic acids is 3. The van der Waals surface area contributed by atoms with E-state index in [0.29, 0.717) is 22.5 Å². The molecule has 0 atom stereocenters. The van der Waals surface area contributed by atoms with E-state index in [-0.39, 0.29) is 22.9 Å². The number of rotatable bonds is 7. The Balaban J connectivity index is 1.57. The highest BCUT2D eigenvalue weighted by molar-refractivity contribution is 6.05. The number of ether oxygens (including phenoxy) is 2. The van der Waals surface area contributed by atoms with Crippen LogP contribution in [0.25, 0.3) is 22.5 Å². The first kappa shape index (κ1) is 22.7. The summed E-state index contributed by atoms with van der Waals surface area (Å²) in [6, 6.07) is 11.4. The zero-order valence-electron chi connectivity index (χ0n) is 18.8. The number of anilines is 1. The van der Waals surface area contributed by atoms with Crippen LogP contribution in [0.5, 0.6) is 0 Å².